The van der Waals surface area contributed by atoms with E-state index in [4.69, 9.17) is 5.73 Å². The first kappa shape index (κ1) is 14.2. The summed E-state index contributed by atoms with van der Waals surface area (Å²) in [6, 6.07) is 16.6. The standard InChI is InChI=1S/C16H13N3O2S/c17-16-18-10-14(22-16)15(11-4-2-1-3-5-11)12-6-8-13(9-7-12)19(20)21/h1-10,15H,(H2,17,18). The molecule has 110 valence electrons. The summed E-state index contributed by atoms with van der Waals surface area (Å²) >= 11 is 1.43. The second kappa shape index (κ2) is 5.95. The van der Waals surface area contributed by atoms with Crippen LogP contribution < -0.4 is 5.73 Å². The Bertz CT molecular complexity index is 785. The fraction of sp³-hybridized carbons (Fsp3) is 0.0625. The number of benzene rings is 2. The Morgan fingerprint density at radius 3 is 2.23 bits per heavy atom. The zero-order valence-corrected chi connectivity index (χ0v) is 12.4. The average molecular weight is 311 g/mol. The van der Waals surface area contributed by atoms with Crippen LogP contribution in [0.15, 0.2) is 60.8 Å². The van der Waals surface area contributed by atoms with Crippen LogP contribution in [0.2, 0.25) is 0 Å². The van der Waals surface area contributed by atoms with Crippen LogP contribution in [0.3, 0.4) is 0 Å². The predicted molar refractivity (Wildman–Crippen MR) is 87.0 cm³/mol. The van der Waals surface area contributed by atoms with E-state index in [1.54, 1.807) is 18.3 Å². The van der Waals surface area contributed by atoms with Crippen molar-refractivity contribution < 1.29 is 4.92 Å². The van der Waals surface area contributed by atoms with Crippen LogP contribution in [0.5, 0.6) is 0 Å². The highest BCUT2D eigenvalue weighted by Gasteiger charge is 2.20. The summed E-state index contributed by atoms with van der Waals surface area (Å²) in [4.78, 5) is 15.5. The van der Waals surface area contributed by atoms with Gasteiger partial charge in [0.05, 0.1) is 4.92 Å². The SMILES string of the molecule is Nc1ncc(C(c2ccccc2)c2ccc([N+](=O)[O-])cc2)s1. The normalized spacial score (nSPS) is 12.0. The molecular formula is C16H13N3O2S. The van der Waals surface area contributed by atoms with Gasteiger partial charge in [0.15, 0.2) is 5.13 Å². The maximum absolute atomic E-state index is 10.8. The highest BCUT2D eigenvalue weighted by Crippen LogP contribution is 2.36. The Balaban J connectivity index is 2.07. The molecule has 5 nitrogen and oxygen atoms in total. The van der Waals surface area contributed by atoms with Crippen molar-refractivity contribution in [3.63, 3.8) is 0 Å². The van der Waals surface area contributed by atoms with Gasteiger partial charge in [-0.05, 0) is 11.1 Å². The molecule has 0 saturated heterocycles. The van der Waals surface area contributed by atoms with Gasteiger partial charge in [-0.1, -0.05) is 42.5 Å². The minimum absolute atomic E-state index is 0.0307. The third-order valence-electron chi connectivity index (χ3n) is 3.40. The van der Waals surface area contributed by atoms with Crippen LogP contribution in [-0.2, 0) is 0 Å². The van der Waals surface area contributed by atoms with Gasteiger partial charge in [-0.2, -0.15) is 0 Å². The van der Waals surface area contributed by atoms with Gasteiger partial charge in [0.25, 0.3) is 5.69 Å². The topological polar surface area (TPSA) is 82.0 Å². The molecule has 0 spiro atoms. The fourth-order valence-electron chi connectivity index (χ4n) is 2.39. The first-order valence-corrected chi connectivity index (χ1v) is 7.47. The highest BCUT2D eigenvalue weighted by atomic mass is 32.1. The Morgan fingerprint density at radius 1 is 1.05 bits per heavy atom. The molecule has 3 aromatic rings. The minimum Gasteiger partial charge on any atom is -0.375 e. The Hall–Kier alpha value is -2.73. The van der Waals surface area contributed by atoms with Crippen molar-refractivity contribution in [1.82, 2.24) is 4.98 Å². The molecule has 1 aromatic heterocycles. The summed E-state index contributed by atoms with van der Waals surface area (Å²) in [6.45, 7) is 0. The van der Waals surface area contributed by atoms with Gasteiger partial charge < -0.3 is 5.73 Å². The van der Waals surface area contributed by atoms with Gasteiger partial charge in [-0.25, -0.2) is 4.98 Å². The van der Waals surface area contributed by atoms with Crippen molar-refractivity contribution >= 4 is 22.2 Å². The van der Waals surface area contributed by atoms with Gasteiger partial charge in [-0.15, -0.1) is 11.3 Å². The van der Waals surface area contributed by atoms with Gasteiger partial charge >= 0.3 is 0 Å². The number of nitrogens with two attached hydrogens (primary N) is 1. The monoisotopic (exact) mass is 311 g/mol. The van der Waals surface area contributed by atoms with Crippen molar-refractivity contribution in [2.45, 2.75) is 5.92 Å². The molecule has 0 saturated carbocycles. The maximum Gasteiger partial charge on any atom is 0.269 e. The van der Waals surface area contributed by atoms with Crippen molar-refractivity contribution in [3.8, 4) is 0 Å². The molecule has 1 heterocycles. The summed E-state index contributed by atoms with van der Waals surface area (Å²) in [7, 11) is 0. The Morgan fingerprint density at radius 2 is 1.68 bits per heavy atom. The van der Waals surface area contributed by atoms with E-state index in [-0.39, 0.29) is 11.6 Å². The third-order valence-corrected chi connectivity index (χ3v) is 4.29. The number of nitro benzene ring substituents is 1. The van der Waals surface area contributed by atoms with E-state index in [0.717, 1.165) is 16.0 Å². The van der Waals surface area contributed by atoms with Gasteiger partial charge in [0, 0.05) is 29.1 Å². The van der Waals surface area contributed by atoms with E-state index in [1.165, 1.54) is 23.5 Å². The Labute approximate surface area is 131 Å². The molecule has 22 heavy (non-hydrogen) atoms. The maximum atomic E-state index is 10.8. The number of nitrogens with zero attached hydrogens (tertiary/aromatic N) is 2. The van der Waals surface area contributed by atoms with E-state index in [2.05, 4.69) is 4.98 Å². The molecule has 1 atom stereocenters. The molecule has 0 aliphatic rings. The van der Waals surface area contributed by atoms with Crippen LogP contribution in [0.4, 0.5) is 10.8 Å². The molecule has 0 fully saturated rings. The first-order valence-electron chi connectivity index (χ1n) is 6.65. The fourth-order valence-corrected chi connectivity index (χ4v) is 3.23. The van der Waals surface area contributed by atoms with E-state index >= 15 is 0 Å². The van der Waals surface area contributed by atoms with Crippen molar-refractivity contribution in [2.75, 3.05) is 5.73 Å². The smallest absolute Gasteiger partial charge is 0.269 e. The number of rotatable bonds is 4. The number of nitrogen functional groups attached to an aromatic ring is 1. The zero-order valence-electron chi connectivity index (χ0n) is 11.5. The van der Waals surface area contributed by atoms with Crippen LogP contribution in [0, 0.1) is 10.1 Å². The van der Waals surface area contributed by atoms with E-state index in [9.17, 15) is 10.1 Å². The second-order valence-corrected chi connectivity index (χ2v) is 5.89. The second-order valence-electron chi connectivity index (χ2n) is 4.79. The zero-order chi connectivity index (χ0) is 15.5. The van der Waals surface area contributed by atoms with E-state index in [1.807, 2.05) is 30.3 Å². The number of nitro groups is 1. The molecule has 3 rings (SSSR count). The number of hydrogen-bond donors (Lipinski definition) is 1. The number of non-ortho nitro benzene ring substituents is 1. The van der Waals surface area contributed by atoms with Crippen LogP contribution in [0.1, 0.15) is 21.9 Å². The average Bonchev–Trinajstić information content (AvgIpc) is 2.95. The molecule has 0 bridgehead atoms. The van der Waals surface area contributed by atoms with Crippen molar-refractivity contribution in [1.29, 1.82) is 0 Å². The molecule has 2 N–H and O–H groups in total. The summed E-state index contributed by atoms with van der Waals surface area (Å²) < 4.78 is 0. The molecule has 6 heteroatoms. The lowest BCUT2D eigenvalue weighted by Gasteiger charge is -2.16. The van der Waals surface area contributed by atoms with E-state index in [0.29, 0.717) is 5.13 Å². The van der Waals surface area contributed by atoms with Crippen LogP contribution >= 0.6 is 11.3 Å². The van der Waals surface area contributed by atoms with Gasteiger partial charge in [-0.3, -0.25) is 10.1 Å². The van der Waals surface area contributed by atoms with Crippen LogP contribution in [0.25, 0.3) is 0 Å². The molecule has 0 radical (unpaired) electrons. The van der Waals surface area contributed by atoms with Gasteiger partial charge in [0.1, 0.15) is 0 Å². The number of anilines is 1. The van der Waals surface area contributed by atoms with Crippen molar-refractivity contribution in [3.05, 3.63) is 86.9 Å². The van der Waals surface area contributed by atoms with E-state index < -0.39 is 4.92 Å². The minimum atomic E-state index is -0.397. The molecule has 0 aliphatic heterocycles. The molecular weight excluding hydrogens is 298 g/mol. The summed E-state index contributed by atoms with van der Waals surface area (Å²) in [5.41, 5.74) is 7.91. The largest absolute Gasteiger partial charge is 0.375 e. The number of hydrogen-bond acceptors (Lipinski definition) is 5. The molecule has 0 amide bonds. The Kier molecular flexibility index (Phi) is 3.84. The molecule has 2 aromatic carbocycles. The quantitative estimate of drug-likeness (QED) is 0.586. The first-order chi connectivity index (χ1) is 10.6. The summed E-state index contributed by atoms with van der Waals surface area (Å²) in [5, 5.41) is 11.3. The number of aromatic nitrogens is 1. The predicted octanol–water partition coefficient (Wildman–Crippen LogP) is 3.81. The number of thiazole rings is 1. The molecule has 0 aliphatic carbocycles. The van der Waals surface area contributed by atoms with Crippen molar-refractivity contribution in [2.24, 2.45) is 0 Å². The van der Waals surface area contributed by atoms with Gasteiger partial charge in [0.2, 0.25) is 0 Å². The summed E-state index contributed by atoms with van der Waals surface area (Å²) in [6.07, 6.45) is 1.76. The summed E-state index contributed by atoms with van der Waals surface area (Å²) in [5.74, 6) is -0.0307. The lowest BCUT2D eigenvalue weighted by molar-refractivity contribution is -0.384. The lowest BCUT2D eigenvalue weighted by Crippen LogP contribution is -2.01. The highest BCUT2D eigenvalue weighted by molar-refractivity contribution is 7.15. The lowest BCUT2D eigenvalue weighted by atomic mass is 9.90. The molecule has 1 unspecified atom stereocenters. The van der Waals surface area contributed by atoms with Crippen LogP contribution in [-0.4, -0.2) is 9.91 Å². The third kappa shape index (κ3) is 2.82.